The predicted molar refractivity (Wildman–Crippen MR) is 146 cm³/mol. The van der Waals surface area contributed by atoms with Crippen LogP contribution in [0.15, 0.2) is 65.8 Å². The second-order valence-corrected chi connectivity index (χ2v) is 8.97. The number of aromatic nitrogens is 5. The van der Waals surface area contributed by atoms with Crippen LogP contribution in [-0.4, -0.2) is 31.0 Å². The van der Waals surface area contributed by atoms with E-state index in [1.54, 1.807) is 30.5 Å². The van der Waals surface area contributed by atoms with E-state index in [9.17, 15) is 13.6 Å². The van der Waals surface area contributed by atoms with E-state index in [4.69, 9.17) is 17.3 Å². The minimum atomic E-state index is -0.831. The zero-order chi connectivity index (χ0) is 27.5. The van der Waals surface area contributed by atoms with Crippen LogP contribution in [0.25, 0.3) is 16.6 Å². The van der Waals surface area contributed by atoms with Crippen LogP contribution in [0.2, 0.25) is 5.02 Å². The van der Waals surface area contributed by atoms with Crippen LogP contribution in [0.3, 0.4) is 0 Å². The summed E-state index contributed by atoms with van der Waals surface area (Å²) in [5.41, 5.74) is 7.81. The maximum Gasteiger partial charge on any atom is 0.267 e. The van der Waals surface area contributed by atoms with Crippen LogP contribution in [0.5, 0.6) is 0 Å². The van der Waals surface area contributed by atoms with Crippen molar-refractivity contribution in [2.75, 3.05) is 17.6 Å². The number of aryl methyl sites for hydroxylation is 1. The number of halogens is 3. The molecule has 5 aromatic rings. The Morgan fingerprint density at radius 2 is 1.85 bits per heavy atom. The number of pyridine rings is 1. The van der Waals surface area contributed by atoms with Gasteiger partial charge in [-0.05, 0) is 48.7 Å². The molecular weight excluding hydrogens is 524 g/mol. The summed E-state index contributed by atoms with van der Waals surface area (Å²) >= 11 is 6.28. The second-order valence-electron chi connectivity index (χ2n) is 8.56. The van der Waals surface area contributed by atoms with Gasteiger partial charge < -0.3 is 11.1 Å². The summed E-state index contributed by atoms with van der Waals surface area (Å²) in [6.45, 7) is 2.16. The fourth-order valence-corrected chi connectivity index (χ4v) is 4.21. The Morgan fingerprint density at radius 1 is 1.05 bits per heavy atom. The van der Waals surface area contributed by atoms with Crippen molar-refractivity contribution in [2.24, 2.45) is 0 Å². The zero-order valence-corrected chi connectivity index (χ0v) is 21.3. The number of fused-ring (bicyclic) bond motifs is 1. The normalized spacial score (nSPS) is 10.8. The third-order valence-corrected chi connectivity index (χ3v) is 6.08. The topological polar surface area (TPSA) is 112 Å². The first kappa shape index (κ1) is 25.8. The third kappa shape index (κ3) is 5.54. The van der Waals surface area contributed by atoms with Gasteiger partial charge in [0.05, 0.1) is 21.6 Å². The van der Waals surface area contributed by atoms with Crippen molar-refractivity contribution < 1.29 is 8.78 Å². The molecule has 3 heterocycles. The molecule has 0 aliphatic heterocycles. The maximum atomic E-state index is 14.1. The number of hydrogen-bond donors (Lipinski definition) is 2. The van der Waals surface area contributed by atoms with E-state index in [2.05, 4.69) is 37.1 Å². The van der Waals surface area contributed by atoms with E-state index < -0.39 is 17.2 Å². The molecule has 0 saturated heterocycles. The summed E-state index contributed by atoms with van der Waals surface area (Å²) < 4.78 is 29.3. The Labute approximate surface area is 226 Å². The van der Waals surface area contributed by atoms with Gasteiger partial charge in [0.2, 0.25) is 0 Å². The van der Waals surface area contributed by atoms with Gasteiger partial charge in [-0.3, -0.25) is 9.36 Å². The van der Waals surface area contributed by atoms with Crippen molar-refractivity contribution in [3.8, 4) is 17.5 Å². The molecule has 0 atom stereocenters. The fourth-order valence-electron chi connectivity index (χ4n) is 3.96. The van der Waals surface area contributed by atoms with Gasteiger partial charge in [-0.2, -0.15) is 0 Å². The number of rotatable bonds is 5. The average Bonchev–Trinajstić information content (AvgIpc) is 2.88. The zero-order valence-electron chi connectivity index (χ0n) is 20.5. The minimum Gasteiger partial charge on any atom is -0.382 e. The summed E-state index contributed by atoms with van der Waals surface area (Å²) in [7, 11) is 0. The van der Waals surface area contributed by atoms with Gasteiger partial charge in [0.25, 0.3) is 5.56 Å². The maximum absolute atomic E-state index is 14.1. The van der Waals surface area contributed by atoms with Crippen molar-refractivity contribution in [1.82, 2.24) is 24.5 Å². The lowest BCUT2D eigenvalue weighted by Crippen LogP contribution is -2.26. The molecule has 5 rings (SSSR count). The molecule has 39 heavy (non-hydrogen) atoms. The molecule has 11 heteroatoms. The van der Waals surface area contributed by atoms with Gasteiger partial charge in [0, 0.05) is 25.2 Å². The number of nitrogens with one attached hydrogen (secondary N) is 1. The van der Waals surface area contributed by atoms with Gasteiger partial charge >= 0.3 is 0 Å². The molecule has 3 aromatic heterocycles. The summed E-state index contributed by atoms with van der Waals surface area (Å²) in [5.74, 6) is 5.06. The molecule has 0 unspecified atom stereocenters. The van der Waals surface area contributed by atoms with E-state index in [0.29, 0.717) is 22.6 Å². The van der Waals surface area contributed by atoms with Gasteiger partial charge in [-0.1, -0.05) is 29.7 Å². The average molecular weight is 544 g/mol. The lowest BCUT2D eigenvalue weighted by atomic mass is 10.2. The molecule has 0 spiro atoms. The number of anilines is 2. The molecule has 0 bridgehead atoms. The largest absolute Gasteiger partial charge is 0.382 e. The molecule has 8 nitrogen and oxygen atoms in total. The highest BCUT2D eigenvalue weighted by atomic mass is 35.5. The molecule has 0 saturated carbocycles. The second kappa shape index (κ2) is 10.8. The number of nitrogen functional groups attached to an aromatic ring is 1. The predicted octanol–water partition coefficient (Wildman–Crippen LogP) is 4.45. The minimum absolute atomic E-state index is 0.00902. The Hall–Kier alpha value is -4.88. The first-order valence-corrected chi connectivity index (χ1v) is 12.1. The summed E-state index contributed by atoms with van der Waals surface area (Å²) in [6.07, 6.45) is 3.18. The summed E-state index contributed by atoms with van der Waals surface area (Å²) in [6, 6.07) is 11.4. The Bertz CT molecular complexity index is 1810. The molecule has 0 aliphatic rings. The molecule has 0 radical (unpaired) electrons. The molecule has 2 aromatic carbocycles. The monoisotopic (exact) mass is 543 g/mol. The van der Waals surface area contributed by atoms with Crippen molar-refractivity contribution in [3.63, 3.8) is 0 Å². The van der Waals surface area contributed by atoms with Crippen LogP contribution in [0, 0.1) is 30.4 Å². The molecule has 3 N–H and O–H groups in total. The van der Waals surface area contributed by atoms with Crippen LogP contribution in [0.1, 0.15) is 22.6 Å². The lowest BCUT2D eigenvalue weighted by Gasteiger charge is -2.15. The van der Waals surface area contributed by atoms with E-state index >= 15 is 0 Å². The smallest absolute Gasteiger partial charge is 0.267 e. The third-order valence-electron chi connectivity index (χ3n) is 5.77. The Balaban J connectivity index is 1.49. The molecular formula is C28H20ClF2N7O. The fraction of sp³-hybridized carbons (Fsp3) is 0.107. The molecule has 0 aliphatic carbocycles. The molecule has 194 valence electrons. The summed E-state index contributed by atoms with van der Waals surface area (Å²) in [5, 5.41) is 3.47. The number of hydrogen-bond acceptors (Lipinski definition) is 7. The van der Waals surface area contributed by atoms with Crippen molar-refractivity contribution >= 4 is 34.1 Å². The number of benzene rings is 2. The van der Waals surface area contributed by atoms with Gasteiger partial charge in [0.15, 0.2) is 0 Å². The highest BCUT2D eigenvalue weighted by molar-refractivity contribution is 6.35. The van der Waals surface area contributed by atoms with Crippen LogP contribution >= 0.6 is 11.6 Å². The first-order chi connectivity index (χ1) is 18.8. The van der Waals surface area contributed by atoms with E-state index in [-0.39, 0.29) is 40.7 Å². The standard InChI is InChI=1S/C28H20ClF2N7O/c1-16-5-6-19(34-14-16)7-8-21-26(32)35-15-36-27(21)33-10-9-24-37-23-4-2-3-22(29)25(23)28(39)38(24)20-12-17(30)11-18(31)13-20/h2-6,11-15H,9-10H2,1H3,(H3,32,33,35,36). The molecule has 0 amide bonds. The van der Waals surface area contributed by atoms with Crippen molar-refractivity contribution in [2.45, 2.75) is 13.3 Å². The number of nitrogens with zero attached hydrogens (tertiary/aromatic N) is 5. The van der Waals surface area contributed by atoms with E-state index in [1.165, 1.54) is 6.33 Å². The van der Waals surface area contributed by atoms with Gasteiger partial charge in [-0.25, -0.2) is 28.7 Å². The van der Waals surface area contributed by atoms with Crippen LogP contribution < -0.4 is 16.6 Å². The lowest BCUT2D eigenvalue weighted by molar-refractivity contribution is 0.580. The van der Waals surface area contributed by atoms with Crippen LogP contribution in [0.4, 0.5) is 20.4 Å². The van der Waals surface area contributed by atoms with Gasteiger partial charge in [0.1, 0.15) is 46.7 Å². The molecule has 0 fully saturated rings. The van der Waals surface area contributed by atoms with Crippen LogP contribution in [-0.2, 0) is 6.42 Å². The quantitative estimate of drug-likeness (QED) is 0.315. The first-order valence-electron chi connectivity index (χ1n) is 11.8. The van der Waals surface area contributed by atoms with Crippen molar-refractivity contribution in [1.29, 1.82) is 0 Å². The van der Waals surface area contributed by atoms with Crippen molar-refractivity contribution in [3.05, 3.63) is 111 Å². The SMILES string of the molecule is Cc1ccc(C#Cc2c(N)ncnc2NCCc2nc3cccc(Cl)c3c(=O)n2-c2cc(F)cc(F)c2)nc1. The Kier molecular flexibility index (Phi) is 7.17. The summed E-state index contributed by atoms with van der Waals surface area (Å²) in [4.78, 5) is 30.6. The highest BCUT2D eigenvalue weighted by Gasteiger charge is 2.17. The number of nitrogens with two attached hydrogens (primary N) is 1. The van der Waals surface area contributed by atoms with Gasteiger partial charge in [-0.15, -0.1) is 0 Å². The highest BCUT2D eigenvalue weighted by Crippen LogP contribution is 2.22. The van der Waals surface area contributed by atoms with E-state index in [0.717, 1.165) is 28.3 Å². The van der Waals surface area contributed by atoms with E-state index in [1.807, 2.05) is 13.0 Å². The Morgan fingerprint density at radius 3 is 2.59 bits per heavy atom.